The van der Waals surface area contributed by atoms with E-state index in [0.717, 1.165) is 0 Å². The molecular weight excluding hydrogens is 351 g/mol. The molecule has 2 rings (SSSR count). The van der Waals surface area contributed by atoms with E-state index in [9.17, 15) is 14.0 Å². The van der Waals surface area contributed by atoms with Crippen LogP contribution in [0.1, 0.15) is 22.8 Å². The van der Waals surface area contributed by atoms with Crippen molar-refractivity contribution in [3.8, 4) is 0 Å². The molecule has 6 heteroatoms. The second kappa shape index (κ2) is 6.70. The first-order valence-electron chi connectivity index (χ1n) is 6.52. The van der Waals surface area contributed by atoms with E-state index in [1.807, 2.05) is 0 Å². The van der Waals surface area contributed by atoms with E-state index in [4.69, 9.17) is 0 Å². The van der Waals surface area contributed by atoms with Gasteiger partial charge in [0.2, 0.25) is 5.91 Å². The third kappa shape index (κ3) is 3.71. The quantitative estimate of drug-likeness (QED) is 0.860. The van der Waals surface area contributed by atoms with Gasteiger partial charge in [0, 0.05) is 22.8 Å². The highest BCUT2D eigenvalue weighted by molar-refractivity contribution is 9.10. The van der Waals surface area contributed by atoms with Crippen LogP contribution in [-0.2, 0) is 4.79 Å². The average molecular weight is 365 g/mol. The summed E-state index contributed by atoms with van der Waals surface area (Å²) in [6.45, 7) is 3.17. The van der Waals surface area contributed by atoms with Crippen molar-refractivity contribution in [2.75, 3.05) is 10.6 Å². The van der Waals surface area contributed by atoms with Gasteiger partial charge in [-0.05, 0) is 42.8 Å². The molecule has 0 aliphatic carbocycles. The van der Waals surface area contributed by atoms with Gasteiger partial charge in [0.05, 0.1) is 5.56 Å². The molecular formula is C16H14BrFN2O2. The summed E-state index contributed by atoms with van der Waals surface area (Å²) >= 11 is 3.14. The molecule has 0 aliphatic rings. The van der Waals surface area contributed by atoms with Crippen LogP contribution in [0.3, 0.4) is 0 Å². The van der Waals surface area contributed by atoms with Crippen molar-refractivity contribution < 1.29 is 14.0 Å². The highest BCUT2D eigenvalue weighted by Crippen LogP contribution is 2.24. The van der Waals surface area contributed by atoms with Crippen LogP contribution in [0.5, 0.6) is 0 Å². The second-order valence-corrected chi connectivity index (χ2v) is 5.65. The Balaban J connectivity index is 2.27. The molecule has 2 amide bonds. The molecule has 0 spiro atoms. The summed E-state index contributed by atoms with van der Waals surface area (Å²) in [5.74, 6) is -1.36. The largest absolute Gasteiger partial charge is 0.326 e. The molecule has 22 heavy (non-hydrogen) atoms. The van der Waals surface area contributed by atoms with Crippen molar-refractivity contribution in [1.82, 2.24) is 0 Å². The van der Waals surface area contributed by atoms with Crippen molar-refractivity contribution in [3.63, 3.8) is 0 Å². The lowest BCUT2D eigenvalue weighted by atomic mass is 10.1. The number of nitrogens with one attached hydrogen (secondary N) is 2. The minimum atomic E-state index is -0.609. The fraction of sp³-hybridized carbons (Fsp3) is 0.125. The molecule has 0 unspecified atom stereocenters. The van der Waals surface area contributed by atoms with Crippen LogP contribution in [0, 0.1) is 12.7 Å². The minimum absolute atomic E-state index is 0.0486. The number of halogens is 2. The van der Waals surface area contributed by atoms with E-state index in [2.05, 4.69) is 26.6 Å². The number of anilines is 2. The lowest BCUT2D eigenvalue weighted by Crippen LogP contribution is -2.15. The highest BCUT2D eigenvalue weighted by atomic mass is 79.9. The van der Waals surface area contributed by atoms with Crippen LogP contribution in [0.2, 0.25) is 0 Å². The molecule has 0 heterocycles. The minimum Gasteiger partial charge on any atom is -0.326 e. The first kappa shape index (κ1) is 16.2. The van der Waals surface area contributed by atoms with E-state index in [-0.39, 0.29) is 11.5 Å². The van der Waals surface area contributed by atoms with Gasteiger partial charge >= 0.3 is 0 Å². The maximum atomic E-state index is 13.8. The monoisotopic (exact) mass is 364 g/mol. The summed E-state index contributed by atoms with van der Waals surface area (Å²) in [7, 11) is 0. The first-order chi connectivity index (χ1) is 10.4. The van der Waals surface area contributed by atoms with E-state index >= 15 is 0 Å². The topological polar surface area (TPSA) is 58.2 Å². The third-order valence-corrected chi connectivity index (χ3v) is 3.56. The summed E-state index contributed by atoms with van der Waals surface area (Å²) in [6, 6.07) is 9.35. The fourth-order valence-corrected chi connectivity index (χ4v) is 2.29. The number of hydrogen-bond acceptors (Lipinski definition) is 2. The Morgan fingerprint density at radius 3 is 2.32 bits per heavy atom. The van der Waals surface area contributed by atoms with E-state index < -0.39 is 11.7 Å². The summed E-state index contributed by atoms with van der Waals surface area (Å²) in [6.07, 6.45) is 0. The molecule has 0 saturated heterocycles. The maximum absolute atomic E-state index is 13.8. The maximum Gasteiger partial charge on any atom is 0.258 e. The van der Waals surface area contributed by atoms with Crippen LogP contribution >= 0.6 is 15.9 Å². The molecule has 0 saturated carbocycles. The van der Waals surface area contributed by atoms with Crippen molar-refractivity contribution >= 4 is 39.1 Å². The first-order valence-corrected chi connectivity index (χ1v) is 7.31. The van der Waals surface area contributed by atoms with E-state index in [0.29, 0.717) is 21.4 Å². The Hall–Kier alpha value is -2.21. The van der Waals surface area contributed by atoms with Crippen LogP contribution < -0.4 is 10.6 Å². The van der Waals surface area contributed by atoms with Crippen LogP contribution in [-0.4, -0.2) is 11.8 Å². The third-order valence-electron chi connectivity index (χ3n) is 3.07. The average Bonchev–Trinajstić information content (AvgIpc) is 2.42. The van der Waals surface area contributed by atoms with Gasteiger partial charge < -0.3 is 10.6 Å². The molecule has 0 bridgehead atoms. The van der Waals surface area contributed by atoms with Crippen molar-refractivity contribution in [1.29, 1.82) is 0 Å². The summed E-state index contributed by atoms with van der Waals surface area (Å²) in [5.41, 5.74) is 1.76. The highest BCUT2D eigenvalue weighted by Gasteiger charge is 2.14. The zero-order valence-electron chi connectivity index (χ0n) is 12.0. The lowest BCUT2D eigenvalue weighted by molar-refractivity contribution is -0.114. The number of hydrogen-bond donors (Lipinski definition) is 2. The SMILES string of the molecule is CC(=O)Nc1cccc(NC(=O)c2ccc(Br)cc2F)c1C. The van der Waals surface area contributed by atoms with Gasteiger partial charge in [0.15, 0.2) is 0 Å². The molecule has 0 aliphatic heterocycles. The predicted octanol–water partition coefficient (Wildman–Crippen LogP) is 4.11. The predicted molar refractivity (Wildman–Crippen MR) is 87.5 cm³/mol. The lowest BCUT2D eigenvalue weighted by Gasteiger charge is -2.13. The van der Waals surface area contributed by atoms with Crippen LogP contribution in [0.15, 0.2) is 40.9 Å². The standard InChI is InChI=1S/C16H14BrFN2O2/c1-9-14(19-10(2)21)4-3-5-15(9)20-16(22)12-7-6-11(17)8-13(12)18/h3-8H,1-2H3,(H,19,21)(H,20,22). The molecule has 4 nitrogen and oxygen atoms in total. The fourth-order valence-electron chi connectivity index (χ4n) is 1.96. The summed E-state index contributed by atoms with van der Waals surface area (Å²) < 4.78 is 14.4. The van der Waals surface area contributed by atoms with Gasteiger partial charge in [-0.25, -0.2) is 4.39 Å². The summed E-state index contributed by atoms with van der Waals surface area (Å²) in [4.78, 5) is 23.3. The van der Waals surface area contributed by atoms with E-state index in [1.54, 1.807) is 31.2 Å². The van der Waals surface area contributed by atoms with Gasteiger partial charge in [0.25, 0.3) is 5.91 Å². The molecule has 2 aromatic carbocycles. The number of benzene rings is 2. The zero-order valence-corrected chi connectivity index (χ0v) is 13.6. The zero-order chi connectivity index (χ0) is 16.3. The molecule has 2 aromatic rings. The molecule has 0 aromatic heterocycles. The van der Waals surface area contributed by atoms with Crippen LogP contribution in [0.4, 0.5) is 15.8 Å². The Kier molecular flexibility index (Phi) is 4.92. The molecule has 0 atom stereocenters. The number of carbonyl (C=O) groups excluding carboxylic acids is 2. The van der Waals surface area contributed by atoms with Crippen molar-refractivity contribution in [2.24, 2.45) is 0 Å². The second-order valence-electron chi connectivity index (χ2n) is 4.74. The summed E-state index contributed by atoms with van der Waals surface area (Å²) in [5, 5.41) is 5.33. The number of carbonyl (C=O) groups is 2. The molecule has 0 fully saturated rings. The Morgan fingerprint density at radius 2 is 1.73 bits per heavy atom. The Labute approximate surface area is 135 Å². The number of amides is 2. The molecule has 2 N–H and O–H groups in total. The van der Waals surface area contributed by atoms with Crippen LogP contribution in [0.25, 0.3) is 0 Å². The van der Waals surface area contributed by atoms with E-state index in [1.165, 1.54) is 19.1 Å². The van der Waals surface area contributed by atoms with Gasteiger partial charge in [-0.1, -0.05) is 22.0 Å². The van der Waals surface area contributed by atoms with Gasteiger partial charge in [0.1, 0.15) is 5.82 Å². The van der Waals surface area contributed by atoms with Gasteiger partial charge in [-0.2, -0.15) is 0 Å². The van der Waals surface area contributed by atoms with Gasteiger partial charge in [-0.15, -0.1) is 0 Å². The van der Waals surface area contributed by atoms with Crippen molar-refractivity contribution in [3.05, 3.63) is 57.8 Å². The van der Waals surface area contributed by atoms with Crippen molar-refractivity contribution in [2.45, 2.75) is 13.8 Å². The molecule has 0 radical (unpaired) electrons. The normalized spacial score (nSPS) is 10.2. The molecule has 114 valence electrons. The Morgan fingerprint density at radius 1 is 1.09 bits per heavy atom. The number of rotatable bonds is 3. The smallest absolute Gasteiger partial charge is 0.258 e. The Bertz CT molecular complexity index is 747. The van der Waals surface area contributed by atoms with Gasteiger partial charge in [-0.3, -0.25) is 9.59 Å².